The van der Waals surface area contributed by atoms with Crippen LogP contribution in [0.1, 0.15) is 22.4 Å². The number of hydrogen-bond donors (Lipinski definition) is 1. The molecule has 0 unspecified atom stereocenters. The highest BCUT2D eigenvalue weighted by molar-refractivity contribution is 7.09. The van der Waals surface area contributed by atoms with Crippen molar-refractivity contribution in [2.75, 3.05) is 0 Å². The normalized spacial score (nSPS) is 11.0. The summed E-state index contributed by atoms with van der Waals surface area (Å²) in [5, 5.41) is 3.20. The van der Waals surface area contributed by atoms with Crippen LogP contribution < -0.4 is 5.32 Å². The molecule has 0 amide bonds. The Labute approximate surface area is 102 Å². The summed E-state index contributed by atoms with van der Waals surface area (Å²) in [7, 11) is 0. The van der Waals surface area contributed by atoms with Gasteiger partial charge < -0.3 is 5.32 Å². The van der Waals surface area contributed by atoms with Crippen LogP contribution in [0.25, 0.3) is 0 Å². The fourth-order valence-corrected chi connectivity index (χ4v) is 2.06. The van der Waals surface area contributed by atoms with Gasteiger partial charge in [0.1, 0.15) is 0 Å². The van der Waals surface area contributed by atoms with Crippen LogP contribution in [-0.2, 0) is 13.1 Å². The molecule has 0 aliphatic rings. The van der Waals surface area contributed by atoms with Gasteiger partial charge in [-0.25, -0.2) is 8.78 Å². The van der Waals surface area contributed by atoms with Gasteiger partial charge in [-0.2, -0.15) is 0 Å². The molecule has 0 bridgehead atoms. The summed E-state index contributed by atoms with van der Waals surface area (Å²) < 4.78 is 24.9. The highest BCUT2D eigenvalue weighted by atomic mass is 32.1. The number of alkyl halides is 2. The number of nitrogens with one attached hydrogen (secondary N) is 1. The minimum absolute atomic E-state index is 0.0714. The lowest BCUT2D eigenvalue weighted by Crippen LogP contribution is -2.11. The average molecular weight is 254 g/mol. The van der Waals surface area contributed by atoms with E-state index in [1.54, 1.807) is 29.1 Å². The molecule has 5 heteroatoms. The van der Waals surface area contributed by atoms with E-state index < -0.39 is 6.43 Å². The highest BCUT2D eigenvalue weighted by Gasteiger charge is 2.06. The molecule has 0 aliphatic carbocycles. The van der Waals surface area contributed by atoms with Crippen molar-refractivity contribution in [3.63, 3.8) is 0 Å². The van der Waals surface area contributed by atoms with Crippen molar-refractivity contribution < 1.29 is 8.78 Å². The molecule has 0 atom stereocenters. The van der Waals surface area contributed by atoms with E-state index in [-0.39, 0.29) is 5.56 Å². The maximum absolute atomic E-state index is 12.5. The van der Waals surface area contributed by atoms with Crippen LogP contribution in [0.2, 0.25) is 0 Å². The SMILES string of the molecule is FC(F)c1cccc(CNCc2cncs2)c1. The second-order valence-electron chi connectivity index (χ2n) is 3.62. The zero-order chi connectivity index (χ0) is 12.1. The van der Waals surface area contributed by atoms with Crippen LogP contribution in [0.4, 0.5) is 8.78 Å². The number of rotatable bonds is 5. The van der Waals surface area contributed by atoms with Crippen molar-refractivity contribution in [2.24, 2.45) is 0 Å². The zero-order valence-corrected chi connectivity index (χ0v) is 9.88. The Hall–Kier alpha value is -1.33. The summed E-state index contributed by atoms with van der Waals surface area (Å²) in [5.74, 6) is 0. The Balaban J connectivity index is 1.88. The van der Waals surface area contributed by atoms with Crippen molar-refractivity contribution >= 4 is 11.3 Å². The van der Waals surface area contributed by atoms with E-state index in [0.717, 1.165) is 10.4 Å². The lowest BCUT2D eigenvalue weighted by atomic mass is 10.1. The van der Waals surface area contributed by atoms with Crippen LogP contribution in [0.15, 0.2) is 36.0 Å². The molecule has 0 fully saturated rings. The van der Waals surface area contributed by atoms with Gasteiger partial charge in [0.05, 0.1) is 5.51 Å². The maximum Gasteiger partial charge on any atom is 0.263 e. The van der Waals surface area contributed by atoms with Crippen LogP contribution in [0.5, 0.6) is 0 Å². The predicted octanol–water partition coefficient (Wildman–Crippen LogP) is 3.37. The summed E-state index contributed by atoms with van der Waals surface area (Å²) in [6.45, 7) is 1.29. The highest BCUT2D eigenvalue weighted by Crippen LogP contribution is 2.19. The minimum Gasteiger partial charge on any atom is -0.308 e. The Bertz CT molecular complexity index is 457. The van der Waals surface area contributed by atoms with Gasteiger partial charge in [0.2, 0.25) is 0 Å². The van der Waals surface area contributed by atoms with Gasteiger partial charge in [-0.05, 0) is 11.6 Å². The van der Waals surface area contributed by atoms with E-state index >= 15 is 0 Å². The Morgan fingerprint density at radius 3 is 2.88 bits per heavy atom. The molecule has 17 heavy (non-hydrogen) atoms. The summed E-state index contributed by atoms with van der Waals surface area (Å²) in [6.07, 6.45) is -0.607. The van der Waals surface area contributed by atoms with E-state index in [1.165, 1.54) is 12.1 Å². The molecule has 0 spiro atoms. The fourth-order valence-electron chi connectivity index (χ4n) is 1.50. The smallest absolute Gasteiger partial charge is 0.263 e. The lowest BCUT2D eigenvalue weighted by Gasteiger charge is -2.05. The first kappa shape index (κ1) is 12.1. The van der Waals surface area contributed by atoms with Crippen LogP contribution >= 0.6 is 11.3 Å². The van der Waals surface area contributed by atoms with E-state index in [1.807, 2.05) is 6.07 Å². The Morgan fingerprint density at radius 1 is 1.29 bits per heavy atom. The van der Waals surface area contributed by atoms with Crippen molar-refractivity contribution in [3.8, 4) is 0 Å². The molecule has 1 N–H and O–H groups in total. The molecule has 0 aliphatic heterocycles. The molecule has 0 saturated carbocycles. The summed E-state index contributed by atoms with van der Waals surface area (Å²) >= 11 is 1.57. The Morgan fingerprint density at radius 2 is 2.18 bits per heavy atom. The van der Waals surface area contributed by atoms with Gasteiger partial charge in [-0.15, -0.1) is 11.3 Å². The third-order valence-corrected chi connectivity index (χ3v) is 3.09. The second-order valence-corrected chi connectivity index (χ2v) is 4.59. The number of thiazole rings is 1. The third-order valence-electron chi connectivity index (χ3n) is 2.31. The lowest BCUT2D eigenvalue weighted by molar-refractivity contribution is 0.151. The van der Waals surface area contributed by atoms with E-state index in [2.05, 4.69) is 10.3 Å². The quantitative estimate of drug-likeness (QED) is 0.884. The predicted molar refractivity (Wildman–Crippen MR) is 64.1 cm³/mol. The summed E-state index contributed by atoms with van der Waals surface area (Å²) in [4.78, 5) is 5.10. The van der Waals surface area contributed by atoms with Gasteiger partial charge >= 0.3 is 0 Å². The largest absolute Gasteiger partial charge is 0.308 e. The standard InChI is InChI=1S/C12H12F2N2S/c13-12(14)10-3-1-2-9(4-10)5-15-6-11-7-16-8-17-11/h1-4,7-8,12,15H,5-6H2. The van der Waals surface area contributed by atoms with Gasteiger partial charge in [0, 0.05) is 29.7 Å². The molecule has 0 saturated heterocycles. The molecule has 1 aromatic heterocycles. The molecule has 2 aromatic rings. The Kier molecular flexibility index (Phi) is 4.17. The number of nitrogens with zero attached hydrogens (tertiary/aromatic N) is 1. The average Bonchev–Trinajstić information content (AvgIpc) is 2.82. The summed E-state index contributed by atoms with van der Waals surface area (Å²) in [5.41, 5.74) is 2.71. The molecule has 2 nitrogen and oxygen atoms in total. The van der Waals surface area contributed by atoms with Crippen molar-refractivity contribution in [1.29, 1.82) is 0 Å². The van der Waals surface area contributed by atoms with Crippen LogP contribution in [0, 0.1) is 0 Å². The first-order chi connectivity index (χ1) is 8.25. The first-order valence-electron chi connectivity index (χ1n) is 5.21. The van der Waals surface area contributed by atoms with Crippen molar-refractivity contribution in [1.82, 2.24) is 10.3 Å². The number of benzene rings is 1. The van der Waals surface area contributed by atoms with Crippen LogP contribution in [0.3, 0.4) is 0 Å². The molecule has 1 aromatic carbocycles. The number of halogens is 2. The second kappa shape index (κ2) is 5.84. The molecule has 1 heterocycles. The molecular formula is C12H12F2N2S. The van der Waals surface area contributed by atoms with Gasteiger partial charge in [-0.3, -0.25) is 4.98 Å². The minimum atomic E-state index is -2.41. The van der Waals surface area contributed by atoms with E-state index in [4.69, 9.17) is 0 Å². The van der Waals surface area contributed by atoms with Gasteiger partial charge in [0.15, 0.2) is 0 Å². The van der Waals surface area contributed by atoms with Crippen LogP contribution in [-0.4, -0.2) is 4.98 Å². The van der Waals surface area contributed by atoms with E-state index in [0.29, 0.717) is 13.1 Å². The fraction of sp³-hybridized carbons (Fsp3) is 0.250. The van der Waals surface area contributed by atoms with Gasteiger partial charge in [0.25, 0.3) is 6.43 Å². The van der Waals surface area contributed by atoms with Crippen molar-refractivity contribution in [3.05, 3.63) is 52.0 Å². The van der Waals surface area contributed by atoms with E-state index in [9.17, 15) is 8.78 Å². The van der Waals surface area contributed by atoms with Gasteiger partial charge in [-0.1, -0.05) is 18.2 Å². The topological polar surface area (TPSA) is 24.9 Å². The summed E-state index contributed by atoms with van der Waals surface area (Å²) in [6, 6.07) is 6.47. The zero-order valence-electron chi connectivity index (χ0n) is 9.07. The maximum atomic E-state index is 12.5. The monoisotopic (exact) mass is 254 g/mol. The first-order valence-corrected chi connectivity index (χ1v) is 6.09. The molecule has 90 valence electrons. The number of hydrogen-bond acceptors (Lipinski definition) is 3. The molecular weight excluding hydrogens is 242 g/mol. The molecule has 0 radical (unpaired) electrons. The number of aromatic nitrogens is 1. The van der Waals surface area contributed by atoms with Crippen molar-refractivity contribution in [2.45, 2.75) is 19.5 Å². The third kappa shape index (κ3) is 3.57. The molecule has 2 rings (SSSR count).